The highest BCUT2D eigenvalue weighted by atomic mass is 16.5. The number of benzene rings is 2. The zero-order valence-electron chi connectivity index (χ0n) is 12.6. The molecule has 0 atom stereocenters. The molecular weight excluding hydrogens is 274 g/mol. The molecule has 0 saturated heterocycles. The summed E-state index contributed by atoms with van der Waals surface area (Å²) in [5.74, 6) is 1.79. The van der Waals surface area contributed by atoms with Gasteiger partial charge in [0.25, 0.3) is 0 Å². The van der Waals surface area contributed by atoms with Crippen LogP contribution in [0.5, 0.6) is 5.75 Å². The molecule has 4 heteroatoms. The first kappa shape index (κ1) is 14.4. The topological polar surface area (TPSA) is 53.1 Å². The van der Waals surface area contributed by atoms with Crippen molar-refractivity contribution in [2.45, 2.75) is 13.1 Å². The third kappa shape index (κ3) is 3.02. The fourth-order valence-electron chi connectivity index (χ4n) is 2.49. The van der Waals surface area contributed by atoms with Crippen LogP contribution in [-0.2, 0) is 13.1 Å². The predicted octanol–water partition coefficient (Wildman–Crippen LogP) is 3.07. The lowest BCUT2D eigenvalue weighted by molar-refractivity contribution is 0.415. The van der Waals surface area contributed by atoms with E-state index in [0.717, 1.165) is 29.2 Å². The van der Waals surface area contributed by atoms with E-state index in [-0.39, 0.29) is 0 Å². The van der Waals surface area contributed by atoms with Crippen LogP contribution in [0.25, 0.3) is 11.4 Å². The molecular formula is C18H19N3O. The Balaban J connectivity index is 1.87. The minimum atomic E-state index is 0.559. The second-order valence-electron chi connectivity index (χ2n) is 5.13. The maximum absolute atomic E-state index is 5.71. The van der Waals surface area contributed by atoms with Gasteiger partial charge in [-0.15, -0.1) is 0 Å². The molecule has 0 spiro atoms. The SMILES string of the molecule is COc1ccc(-c2nccn2Cc2cccc(CN)c2)cc1. The molecule has 3 aromatic rings. The quantitative estimate of drug-likeness (QED) is 0.786. The maximum Gasteiger partial charge on any atom is 0.140 e. The van der Waals surface area contributed by atoms with Gasteiger partial charge < -0.3 is 15.0 Å². The molecule has 0 aliphatic heterocycles. The summed E-state index contributed by atoms with van der Waals surface area (Å²) in [7, 11) is 1.67. The molecule has 0 aliphatic rings. The molecule has 0 amide bonds. The fraction of sp³-hybridized carbons (Fsp3) is 0.167. The van der Waals surface area contributed by atoms with Gasteiger partial charge in [0.1, 0.15) is 11.6 Å². The number of nitrogens with zero attached hydrogens (tertiary/aromatic N) is 2. The molecule has 2 N–H and O–H groups in total. The lowest BCUT2D eigenvalue weighted by Crippen LogP contribution is -2.03. The van der Waals surface area contributed by atoms with E-state index in [9.17, 15) is 0 Å². The van der Waals surface area contributed by atoms with Gasteiger partial charge in [-0.2, -0.15) is 0 Å². The summed E-state index contributed by atoms with van der Waals surface area (Å²) in [4.78, 5) is 4.48. The maximum atomic E-state index is 5.71. The van der Waals surface area contributed by atoms with Crippen molar-refractivity contribution < 1.29 is 4.74 Å². The van der Waals surface area contributed by atoms with Crippen LogP contribution in [0.4, 0.5) is 0 Å². The average molecular weight is 293 g/mol. The first-order chi connectivity index (χ1) is 10.8. The van der Waals surface area contributed by atoms with Gasteiger partial charge in [-0.1, -0.05) is 24.3 Å². The van der Waals surface area contributed by atoms with E-state index in [1.54, 1.807) is 7.11 Å². The van der Waals surface area contributed by atoms with Crippen molar-refractivity contribution in [1.29, 1.82) is 0 Å². The molecule has 0 unspecified atom stereocenters. The standard InChI is InChI=1S/C18H19N3O/c1-22-17-7-5-16(6-8-17)18-20-9-10-21(18)13-15-4-2-3-14(11-15)12-19/h2-11H,12-13,19H2,1H3. The Morgan fingerprint density at radius 3 is 2.59 bits per heavy atom. The summed E-state index contributed by atoms with van der Waals surface area (Å²) in [5.41, 5.74) is 9.14. The molecule has 1 aromatic heterocycles. The molecule has 0 fully saturated rings. The van der Waals surface area contributed by atoms with Crippen molar-refractivity contribution in [2.75, 3.05) is 7.11 Å². The van der Waals surface area contributed by atoms with E-state index >= 15 is 0 Å². The zero-order chi connectivity index (χ0) is 15.4. The second-order valence-corrected chi connectivity index (χ2v) is 5.13. The van der Waals surface area contributed by atoms with Crippen LogP contribution in [-0.4, -0.2) is 16.7 Å². The summed E-state index contributed by atoms with van der Waals surface area (Å²) >= 11 is 0. The van der Waals surface area contributed by atoms with Gasteiger partial charge in [0.05, 0.1) is 7.11 Å². The van der Waals surface area contributed by atoms with Crippen LogP contribution in [0.1, 0.15) is 11.1 Å². The van der Waals surface area contributed by atoms with E-state index in [4.69, 9.17) is 10.5 Å². The van der Waals surface area contributed by atoms with Gasteiger partial charge in [0.2, 0.25) is 0 Å². The van der Waals surface area contributed by atoms with Crippen LogP contribution in [0.3, 0.4) is 0 Å². The molecule has 0 bridgehead atoms. The molecule has 2 aromatic carbocycles. The predicted molar refractivity (Wildman–Crippen MR) is 87.7 cm³/mol. The average Bonchev–Trinajstić information content (AvgIpc) is 3.03. The second kappa shape index (κ2) is 6.45. The van der Waals surface area contributed by atoms with E-state index in [1.807, 2.05) is 48.8 Å². The Morgan fingerprint density at radius 1 is 1.09 bits per heavy atom. The van der Waals surface area contributed by atoms with Crippen LogP contribution >= 0.6 is 0 Å². The van der Waals surface area contributed by atoms with Crippen LogP contribution in [0.15, 0.2) is 60.9 Å². The van der Waals surface area contributed by atoms with Crippen molar-refractivity contribution in [3.05, 3.63) is 72.1 Å². The monoisotopic (exact) mass is 293 g/mol. The molecule has 3 rings (SSSR count). The van der Waals surface area contributed by atoms with Crippen molar-refractivity contribution >= 4 is 0 Å². The van der Waals surface area contributed by atoms with Gasteiger partial charge >= 0.3 is 0 Å². The van der Waals surface area contributed by atoms with Crippen LogP contribution in [0.2, 0.25) is 0 Å². The number of rotatable bonds is 5. The molecule has 1 heterocycles. The smallest absolute Gasteiger partial charge is 0.140 e. The molecule has 0 aliphatic carbocycles. The normalized spacial score (nSPS) is 10.6. The summed E-state index contributed by atoms with van der Waals surface area (Å²) < 4.78 is 7.34. The number of aromatic nitrogens is 2. The van der Waals surface area contributed by atoms with Gasteiger partial charge in [0.15, 0.2) is 0 Å². The number of ether oxygens (including phenoxy) is 1. The highest BCUT2D eigenvalue weighted by molar-refractivity contribution is 5.57. The summed E-state index contributed by atoms with van der Waals surface area (Å²) in [6.07, 6.45) is 3.82. The number of imidazole rings is 1. The van der Waals surface area contributed by atoms with E-state index < -0.39 is 0 Å². The Kier molecular flexibility index (Phi) is 4.21. The molecule has 22 heavy (non-hydrogen) atoms. The third-order valence-electron chi connectivity index (χ3n) is 3.64. The van der Waals surface area contributed by atoms with Crippen LogP contribution < -0.4 is 10.5 Å². The summed E-state index contributed by atoms with van der Waals surface area (Å²) in [6, 6.07) is 16.3. The van der Waals surface area contributed by atoms with Crippen LogP contribution in [0, 0.1) is 0 Å². The summed E-state index contributed by atoms with van der Waals surface area (Å²) in [6.45, 7) is 1.33. The van der Waals surface area contributed by atoms with E-state index in [1.165, 1.54) is 5.56 Å². The van der Waals surface area contributed by atoms with Gasteiger partial charge in [0, 0.05) is 31.0 Å². The largest absolute Gasteiger partial charge is 0.497 e. The number of methoxy groups -OCH3 is 1. The molecule has 112 valence electrons. The first-order valence-corrected chi connectivity index (χ1v) is 7.23. The minimum Gasteiger partial charge on any atom is -0.497 e. The highest BCUT2D eigenvalue weighted by Gasteiger charge is 2.07. The van der Waals surface area contributed by atoms with Crippen molar-refractivity contribution in [2.24, 2.45) is 5.73 Å². The van der Waals surface area contributed by atoms with Gasteiger partial charge in [-0.3, -0.25) is 0 Å². The fourth-order valence-corrected chi connectivity index (χ4v) is 2.49. The number of nitrogens with two attached hydrogens (primary N) is 1. The van der Waals surface area contributed by atoms with Gasteiger partial charge in [-0.05, 0) is 35.4 Å². The van der Waals surface area contributed by atoms with Crippen molar-refractivity contribution in [3.8, 4) is 17.1 Å². The Labute approximate surface area is 130 Å². The zero-order valence-corrected chi connectivity index (χ0v) is 12.6. The highest BCUT2D eigenvalue weighted by Crippen LogP contribution is 2.22. The Bertz CT molecular complexity index is 747. The van der Waals surface area contributed by atoms with Gasteiger partial charge in [-0.25, -0.2) is 4.98 Å². The molecule has 0 saturated carbocycles. The Morgan fingerprint density at radius 2 is 1.86 bits per heavy atom. The van der Waals surface area contributed by atoms with E-state index in [2.05, 4.69) is 21.7 Å². The number of hydrogen-bond donors (Lipinski definition) is 1. The lowest BCUT2D eigenvalue weighted by Gasteiger charge is -2.10. The molecule has 0 radical (unpaired) electrons. The minimum absolute atomic E-state index is 0.559. The molecule has 4 nitrogen and oxygen atoms in total. The Hall–Kier alpha value is -2.59. The van der Waals surface area contributed by atoms with Crippen molar-refractivity contribution in [3.63, 3.8) is 0 Å². The first-order valence-electron chi connectivity index (χ1n) is 7.23. The lowest BCUT2D eigenvalue weighted by atomic mass is 10.1. The number of hydrogen-bond acceptors (Lipinski definition) is 3. The third-order valence-corrected chi connectivity index (χ3v) is 3.64. The summed E-state index contributed by atoms with van der Waals surface area (Å²) in [5, 5.41) is 0. The van der Waals surface area contributed by atoms with E-state index in [0.29, 0.717) is 6.54 Å². The van der Waals surface area contributed by atoms with Crippen molar-refractivity contribution in [1.82, 2.24) is 9.55 Å².